The van der Waals surface area contributed by atoms with Crippen LogP contribution in [0.4, 0.5) is 0 Å². The minimum atomic E-state index is -0.506. The maximum absolute atomic E-state index is 12.5. The van der Waals surface area contributed by atoms with Crippen LogP contribution in [0.3, 0.4) is 0 Å². The molecular formula is C26H26N2O5. The Morgan fingerprint density at radius 2 is 1.61 bits per heavy atom. The minimum absolute atomic E-state index is 0.219. The van der Waals surface area contributed by atoms with Crippen molar-refractivity contribution in [3.05, 3.63) is 89.5 Å². The second-order valence-electron chi connectivity index (χ2n) is 6.94. The fraction of sp³-hybridized carbons (Fsp3) is 0.192. The van der Waals surface area contributed by atoms with E-state index in [9.17, 15) is 9.59 Å². The summed E-state index contributed by atoms with van der Waals surface area (Å²) in [6.07, 6.45) is 1.74. The number of nitrogens with one attached hydrogen (secondary N) is 1. The molecule has 3 aromatic rings. The molecule has 0 unspecified atom stereocenters. The highest BCUT2D eigenvalue weighted by Gasteiger charge is 2.13. The number of carbonyl (C=O) groups is 2. The van der Waals surface area contributed by atoms with E-state index in [0.29, 0.717) is 41.6 Å². The first kappa shape index (κ1) is 23.5. The third-order valence-corrected chi connectivity index (χ3v) is 4.48. The molecule has 0 bridgehead atoms. The average Bonchev–Trinajstić information content (AvgIpc) is 2.82. The molecule has 170 valence electrons. The van der Waals surface area contributed by atoms with E-state index >= 15 is 0 Å². The van der Waals surface area contributed by atoms with Crippen molar-refractivity contribution in [2.45, 2.75) is 20.3 Å². The number of ether oxygens (including phenoxy) is 3. The molecule has 0 aliphatic heterocycles. The number of hydrogen-bond donors (Lipinski definition) is 1. The van der Waals surface area contributed by atoms with Gasteiger partial charge in [-0.3, -0.25) is 4.79 Å². The zero-order valence-electron chi connectivity index (χ0n) is 18.6. The Kier molecular flexibility index (Phi) is 8.59. The number of amides is 1. The molecule has 0 radical (unpaired) electrons. The molecule has 0 saturated heterocycles. The molecule has 1 amide bonds. The Hall–Kier alpha value is -4.13. The normalized spacial score (nSPS) is 10.6. The lowest BCUT2D eigenvalue weighted by Crippen LogP contribution is -2.19. The number of hydrazone groups is 1. The maximum atomic E-state index is 12.5. The molecule has 3 rings (SSSR count). The second-order valence-corrected chi connectivity index (χ2v) is 6.94. The Bertz CT molecular complexity index is 1100. The van der Waals surface area contributed by atoms with E-state index in [1.807, 2.05) is 44.2 Å². The molecule has 0 fully saturated rings. The summed E-state index contributed by atoms with van der Waals surface area (Å²) >= 11 is 0. The zero-order chi connectivity index (χ0) is 23.5. The third-order valence-electron chi connectivity index (χ3n) is 4.48. The smallest absolute Gasteiger partial charge is 0.343 e. The molecule has 0 aromatic heterocycles. The van der Waals surface area contributed by atoms with E-state index in [4.69, 9.17) is 14.2 Å². The van der Waals surface area contributed by atoms with Crippen molar-refractivity contribution in [2.24, 2.45) is 5.10 Å². The number of carbonyl (C=O) groups excluding carboxylic acids is 2. The Labute approximate surface area is 193 Å². The number of rotatable bonds is 10. The number of hydrogen-bond acceptors (Lipinski definition) is 6. The summed E-state index contributed by atoms with van der Waals surface area (Å²) in [4.78, 5) is 24.6. The van der Waals surface area contributed by atoms with Crippen LogP contribution in [-0.4, -0.2) is 31.3 Å². The third kappa shape index (κ3) is 7.21. The SMILES string of the molecule is CCOc1ccc(C(=O)Oc2ccc(C=NNC(=O)Cc3ccccc3)cc2OCC)cc1. The molecule has 0 heterocycles. The van der Waals surface area contributed by atoms with E-state index in [2.05, 4.69) is 10.5 Å². The highest BCUT2D eigenvalue weighted by atomic mass is 16.6. The molecule has 0 atom stereocenters. The van der Waals surface area contributed by atoms with Crippen molar-refractivity contribution in [1.29, 1.82) is 0 Å². The largest absolute Gasteiger partial charge is 0.494 e. The van der Waals surface area contributed by atoms with Gasteiger partial charge in [0, 0.05) is 0 Å². The molecule has 3 aromatic carbocycles. The van der Waals surface area contributed by atoms with E-state index < -0.39 is 5.97 Å². The van der Waals surface area contributed by atoms with Gasteiger partial charge in [0.2, 0.25) is 5.91 Å². The van der Waals surface area contributed by atoms with Gasteiger partial charge in [-0.05, 0) is 67.4 Å². The van der Waals surface area contributed by atoms with Crippen LogP contribution in [0.2, 0.25) is 0 Å². The summed E-state index contributed by atoms with van der Waals surface area (Å²) in [5.41, 5.74) is 4.49. The molecule has 0 spiro atoms. The summed E-state index contributed by atoms with van der Waals surface area (Å²) in [6, 6.07) is 21.2. The number of benzene rings is 3. The predicted octanol–water partition coefficient (Wildman–Crippen LogP) is 4.40. The van der Waals surface area contributed by atoms with Crippen LogP contribution >= 0.6 is 0 Å². The van der Waals surface area contributed by atoms with Crippen molar-refractivity contribution < 1.29 is 23.8 Å². The highest BCUT2D eigenvalue weighted by Crippen LogP contribution is 2.29. The number of nitrogens with zero attached hydrogens (tertiary/aromatic N) is 1. The average molecular weight is 447 g/mol. The van der Waals surface area contributed by atoms with Crippen LogP contribution in [-0.2, 0) is 11.2 Å². The van der Waals surface area contributed by atoms with E-state index in [0.717, 1.165) is 5.56 Å². The van der Waals surface area contributed by atoms with Gasteiger partial charge in [0.15, 0.2) is 11.5 Å². The second kappa shape index (κ2) is 12.0. The van der Waals surface area contributed by atoms with Gasteiger partial charge >= 0.3 is 5.97 Å². The van der Waals surface area contributed by atoms with Crippen LogP contribution in [0.5, 0.6) is 17.2 Å². The maximum Gasteiger partial charge on any atom is 0.343 e. The van der Waals surface area contributed by atoms with Crippen LogP contribution < -0.4 is 19.6 Å². The number of esters is 1. The Morgan fingerprint density at radius 3 is 2.30 bits per heavy atom. The standard InChI is InChI=1S/C26H26N2O5/c1-3-31-22-13-11-21(12-14-22)26(30)33-23-15-10-20(16-24(23)32-4-2)18-27-28-25(29)17-19-8-6-5-7-9-19/h5-16,18H,3-4,17H2,1-2H3,(H,28,29). The van der Waals surface area contributed by atoms with Crippen molar-refractivity contribution in [2.75, 3.05) is 13.2 Å². The van der Waals surface area contributed by atoms with Crippen LogP contribution in [0, 0.1) is 0 Å². The summed E-state index contributed by atoms with van der Waals surface area (Å²) in [6.45, 7) is 4.67. The van der Waals surface area contributed by atoms with Gasteiger partial charge in [-0.25, -0.2) is 10.2 Å². The lowest BCUT2D eigenvalue weighted by atomic mass is 10.1. The Morgan fingerprint density at radius 1 is 0.879 bits per heavy atom. The van der Waals surface area contributed by atoms with Crippen molar-refractivity contribution in [3.8, 4) is 17.2 Å². The highest BCUT2D eigenvalue weighted by molar-refractivity contribution is 5.92. The first-order valence-corrected chi connectivity index (χ1v) is 10.7. The lowest BCUT2D eigenvalue weighted by molar-refractivity contribution is -0.120. The first-order valence-electron chi connectivity index (χ1n) is 10.7. The van der Waals surface area contributed by atoms with E-state index in [1.54, 1.807) is 42.5 Å². The summed E-state index contributed by atoms with van der Waals surface area (Å²) in [7, 11) is 0. The van der Waals surface area contributed by atoms with E-state index in [1.165, 1.54) is 6.21 Å². The Balaban J connectivity index is 1.63. The summed E-state index contributed by atoms with van der Waals surface area (Å²) < 4.78 is 16.5. The van der Waals surface area contributed by atoms with Gasteiger partial charge < -0.3 is 14.2 Å². The predicted molar refractivity (Wildman–Crippen MR) is 126 cm³/mol. The molecule has 7 heteroatoms. The molecule has 1 N–H and O–H groups in total. The van der Waals surface area contributed by atoms with Gasteiger partial charge in [-0.2, -0.15) is 5.10 Å². The van der Waals surface area contributed by atoms with Gasteiger partial charge in [-0.1, -0.05) is 30.3 Å². The lowest BCUT2D eigenvalue weighted by Gasteiger charge is -2.11. The van der Waals surface area contributed by atoms with Crippen molar-refractivity contribution in [1.82, 2.24) is 5.43 Å². The summed E-state index contributed by atoms with van der Waals surface area (Å²) in [5, 5.41) is 4.00. The van der Waals surface area contributed by atoms with Crippen molar-refractivity contribution >= 4 is 18.1 Å². The van der Waals surface area contributed by atoms with Crippen LogP contribution in [0.25, 0.3) is 0 Å². The summed E-state index contributed by atoms with van der Waals surface area (Å²) in [5.74, 6) is 0.651. The topological polar surface area (TPSA) is 86.2 Å². The fourth-order valence-electron chi connectivity index (χ4n) is 2.97. The van der Waals surface area contributed by atoms with Gasteiger partial charge in [0.25, 0.3) is 0 Å². The fourth-order valence-corrected chi connectivity index (χ4v) is 2.97. The monoisotopic (exact) mass is 446 g/mol. The van der Waals surface area contributed by atoms with E-state index in [-0.39, 0.29) is 12.3 Å². The van der Waals surface area contributed by atoms with Gasteiger partial charge in [0.1, 0.15) is 5.75 Å². The molecule has 0 saturated carbocycles. The molecule has 33 heavy (non-hydrogen) atoms. The molecular weight excluding hydrogens is 420 g/mol. The quantitative estimate of drug-likeness (QED) is 0.216. The molecule has 7 nitrogen and oxygen atoms in total. The zero-order valence-corrected chi connectivity index (χ0v) is 18.6. The first-order chi connectivity index (χ1) is 16.1. The van der Waals surface area contributed by atoms with Gasteiger partial charge in [0.05, 0.1) is 31.4 Å². The molecule has 0 aliphatic carbocycles. The van der Waals surface area contributed by atoms with Crippen LogP contribution in [0.1, 0.15) is 35.3 Å². The van der Waals surface area contributed by atoms with Crippen LogP contribution in [0.15, 0.2) is 77.9 Å². The minimum Gasteiger partial charge on any atom is -0.494 e. The van der Waals surface area contributed by atoms with Crippen molar-refractivity contribution in [3.63, 3.8) is 0 Å². The van der Waals surface area contributed by atoms with Gasteiger partial charge in [-0.15, -0.1) is 0 Å². The molecule has 0 aliphatic rings.